The van der Waals surface area contributed by atoms with Crippen molar-refractivity contribution in [3.05, 3.63) is 35.9 Å². The van der Waals surface area contributed by atoms with Crippen LogP contribution < -0.4 is 0 Å². The van der Waals surface area contributed by atoms with Gasteiger partial charge in [-0.1, -0.05) is 42.5 Å². The normalized spacial score (nSPS) is 9.82. The van der Waals surface area contributed by atoms with Gasteiger partial charge in [-0.15, -0.1) is 11.8 Å². The van der Waals surface area contributed by atoms with Gasteiger partial charge in [0.1, 0.15) is 0 Å². The van der Waals surface area contributed by atoms with E-state index in [1.165, 1.54) is 21.2 Å². The first kappa shape index (κ1) is 8.97. The Morgan fingerprint density at radius 1 is 1.36 bits per heavy atom. The van der Waals surface area contributed by atoms with Crippen LogP contribution in [0.25, 0.3) is 0 Å². The zero-order valence-electron chi connectivity index (χ0n) is 6.41. The second-order valence-electron chi connectivity index (χ2n) is 2.09. The molecule has 0 saturated heterocycles. The fourth-order valence-corrected chi connectivity index (χ4v) is 3.34. The number of thiocarbonyl (C=S) groups is 1. The minimum atomic E-state index is 1.03. The summed E-state index contributed by atoms with van der Waals surface area (Å²) in [7, 11) is 1.21. The van der Waals surface area contributed by atoms with Crippen LogP contribution in [0.15, 0.2) is 30.3 Å². The van der Waals surface area contributed by atoms with Crippen molar-refractivity contribution in [1.82, 2.24) is 0 Å². The third-order valence-corrected chi connectivity index (χ3v) is 3.53. The molecule has 0 atom stereocenters. The maximum absolute atomic E-state index is 5.20. The highest BCUT2D eigenvalue weighted by Gasteiger charge is 1.97. The SMILES string of the molecule is [SiH3]CSC(=S)c1ccccc1. The summed E-state index contributed by atoms with van der Waals surface area (Å²) in [5.74, 6) is 0. The minimum absolute atomic E-state index is 1.03. The minimum Gasteiger partial charge on any atom is -0.118 e. The second-order valence-corrected chi connectivity index (χ2v) is 5.76. The lowest BCUT2D eigenvalue weighted by Crippen LogP contribution is -1.91. The lowest BCUT2D eigenvalue weighted by Gasteiger charge is -1.99. The number of thioether (sulfide) groups is 1. The molecule has 0 unspecified atom stereocenters. The van der Waals surface area contributed by atoms with E-state index >= 15 is 0 Å². The molecule has 1 aromatic carbocycles. The number of benzene rings is 1. The van der Waals surface area contributed by atoms with Crippen LogP contribution in [0.4, 0.5) is 0 Å². The summed E-state index contributed by atoms with van der Waals surface area (Å²) in [4.78, 5) is 0. The van der Waals surface area contributed by atoms with Gasteiger partial charge in [0.25, 0.3) is 0 Å². The Labute approximate surface area is 79.8 Å². The van der Waals surface area contributed by atoms with Crippen LogP contribution in [-0.2, 0) is 0 Å². The zero-order valence-corrected chi connectivity index (χ0v) is 10.0. The molecule has 0 N–H and O–H groups in total. The molecule has 0 nitrogen and oxygen atoms in total. The Morgan fingerprint density at radius 2 is 2.00 bits per heavy atom. The third kappa shape index (κ3) is 2.77. The molecule has 0 aromatic heterocycles. The maximum atomic E-state index is 5.20. The van der Waals surface area contributed by atoms with Crippen molar-refractivity contribution in [2.24, 2.45) is 0 Å². The molecule has 11 heavy (non-hydrogen) atoms. The molecule has 0 fully saturated rings. The van der Waals surface area contributed by atoms with Crippen LogP contribution in [0.2, 0.25) is 0 Å². The summed E-state index contributed by atoms with van der Waals surface area (Å²) in [6.45, 7) is 0. The zero-order chi connectivity index (χ0) is 8.10. The third-order valence-electron chi connectivity index (χ3n) is 1.28. The first-order chi connectivity index (χ1) is 5.34. The average molecular weight is 198 g/mol. The van der Waals surface area contributed by atoms with Crippen molar-refractivity contribution in [1.29, 1.82) is 0 Å². The lowest BCUT2D eigenvalue weighted by atomic mass is 10.2. The largest absolute Gasteiger partial charge is 0.118 e. The van der Waals surface area contributed by atoms with Gasteiger partial charge < -0.3 is 0 Å². The molecular weight excluding hydrogens is 188 g/mol. The van der Waals surface area contributed by atoms with Crippen molar-refractivity contribution in [2.75, 3.05) is 5.38 Å². The van der Waals surface area contributed by atoms with Gasteiger partial charge in [-0.2, -0.15) is 0 Å². The molecule has 58 valence electrons. The summed E-state index contributed by atoms with van der Waals surface area (Å²) < 4.78 is 1.03. The Balaban J connectivity index is 2.69. The molecule has 0 heterocycles. The Kier molecular flexibility index (Phi) is 3.83. The Bertz CT molecular complexity index is 233. The number of hydrogen-bond donors (Lipinski definition) is 0. The lowest BCUT2D eigenvalue weighted by molar-refractivity contribution is 1.69. The quantitative estimate of drug-likeness (QED) is 0.521. The van der Waals surface area contributed by atoms with E-state index in [9.17, 15) is 0 Å². The van der Waals surface area contributed by atoms with Crippen molar-refractivity contribution in [2.45, 2.75) is 0 Å². The van der Waals surface area contributed by atoms with E-state index in [0.717, 1.165) is 4.20 Å². The molecule has 0 amide bonds. The van der Waals surface area contributed by atoms with Crippen molar-refractivity contribution in [3.63, 3.8) is 0 Å². The molecule has 1 rings (SSSR count). The monoisotopic (exact) mass is 198 g/mol. The van der Waals surface area contributed by atoms with E-state index in [2.05, 4.69) is 12.1 Å². The van der Waals surface area contributed by atoms with Crippen molar-refractivity contribution < 1.29 is 0 Å². The van der Waals surface area contributed by atoms with Crippen LogP contribution >= 0.6 is 24.0 Å². The number of hydrogen-bond acceptors (Lipinski definition) is 2. The predicted octanol–water partition coefficient (Wildman–Crippen LogP) is 1.42. The molecule has 3 heteroatoms. The van der Waals surface area contributed by atoms with E-state index in [1.807, 2.05) is 18.2 Å². The second kappa shape index (κ2) is 4.69. The summed E-state index contributed by atoms with van der Waals surface area (Å²) in [6, 6.07) is 10.2. The van der Waals surface area contributed by atoms with E-state index < -0.39 is 0 Å². The highest BCUT2D eigenvalue weighted by atomic mass is 32.2. The predicted molar refractivity (Wildman–Crippen MR) is 60.5 cm³/mol. The molecular formula is C8H10S2Si. The highest BCUT2D eigenvalue weighted by molar-refractivity contribution is 8.24. The number of rotatable bonds is 2. The van der Waals surface area contributed by atoms with E-state index in [1.54, 1.807) is 11.8 Å². The summed E-state index contributed by atoms with van der Waals surface area (Å²) in [5.41, 5.74) is 1.18. The van der Waals surface area contributed by atoms with Gasteiger partial charge in [-0.3, -0.25) is 0 Å². The van der Waals surface area contributed by atoms with Crippen molar-refractivity contribution in [3.8, 4) is 0 Å². The summed E-state index contributed by atoms with van der Waals surface area (Å²) in [6.07, 6.45) is 0. The van der Waals surface area contributed by atoms with Gasteiger partial charge in [0.15, 0.2) is 0 Å². The molecule has 0 aliphatic carbocycles. The molecule has 0 saturated carbocycles. The topological polar surface area (TPSA) is 0 Å². The fourth-order valence-electron chi connectivity index (χ4n) is 0.789. The first-order valence-electron chi connectivity index (χ1n) is 3.56. The van der Waals surface area contributed by atoms with Gasteiger partial charge >= 0.3 is 0 Å². The summed E-state index contributed by atoms with van der Waals surface area (Å²) in [5, 5.41) is 1.19. The van der Waals surface area contributed by atoms with Gasteiger partial charge in [0, 0.05) is 10.2 Å². The van der Waals surface area contributed by atoms with Crippen molar-refractivity contribution >= 4 is 38.4 Å². The average Bonchev–Trinajstić information content (AvgIpc) is 2.07. The van der Waals surface area contributed by atoms with E-state index in [0.29, 0.717) is 0 Å². The molecule has 0 radical (unpaired) electrons. The highest BCUT2D eigenvalue weighted by Crippen LogP contribution is 2.11. The van der Waals surface area contributed by atoms with Gasteiger partial charge in [0.2, 0.25) is 0 Å². The molecule has 0 aliphatic heterocycles. The molecule has 0 bridgehead atoms. The maximum Gasteiger partial charge on any atom is 0.0775 e. The Hall–Kier alpha value is -0.123. The van der Waals surface area contributed by atoms with Gasteiger partial charge in [0.05, 0.1) is 4.20 Å². The van der Waals surface area contributed by atoms with E-state index in [4.69, 9.17) is 12.2 Å². The smallest absolute Gasteiger partial charge is 0.0775 e. The van der Waals surface area contributed by atoms with Crippen LogP contribution in [0.5, 0.6) is 0 Å². The van der Waals surface area contributed by atoms with Gasteiger partial charge in [-0.05, 0) is 10.9 Å². The van der Waals surface area contributed by atoms with Crippen LogP contribution in [-0.4, -0.2) is 19.8 Å². The fraction of sp³-hybridized carbons (Fsp3) is 0.125. The van der Waals surface area contributed by atoms with Crippen LogP contribution in [0.3, 0.4) is 0 Å². The molecule has 0 aliphatic rings. The first-order valence-corrected chi connectivity index (χ1v) is 6.37. The van der Waals surface area contributed by atoms with Crippen LogP contribution in [0.1, 0.15) is 5.56 Å². The molecule has 0 spiro atoms. The Morgan fingerprint density at radius 3 is 2.55 bits per heavy atom. The molecule has 1 aromatic rings. The summed E-state index contributed by atoms with van der Waals surface area (Å²) >= 11 is 6.98. The van der Waals surface area contributed by atoms with Gasteiger partial charge in [-0.25, -0.2) is 0 Å². The standard InChI is InChI=1S/C8H10S2Si/c9-8(10-6-11)7-4-2-1-3-5-7/h1-5H,6H2,11H3. The van der Waals surface area contributed by atoms with Crippen LogP contribution in [0, 0.1) is 0 Å². The van der Waals surface area contributed by atoms with E-state index in [-0.39, 0.29) is 0 Å².